The Morgan fingerprint density at radius 2 is 1.74 bits per heavy atom. The number of hydrogen-bond acceptors (Lipinski definition) is 5. The predicted octanol–water partition coefficient (Wildman–Crippen LogP) is 3.77. The highest BCUT2D eigenvalue weighted by Gasteiger charge is 2.71. The molecule has 0 amide bonds. The third-order valence-corrected chi connectivity index (χ3v) is 12.3. The smallest absolute Gasteiger partial charge is 0.192 e. The molecule has 27 heavy (non-hydrogen) atoms. The minimum Gasteiger partial charge on any atom is -0.411 e. The summed E-state index contributed by atoms with van der Waals surface area (Å²) in [6.45, 7) is 12.7. The zero-order chi connectivity index (χ0) is 20.0. The molecule has 3 fully saturated rings. The van der Waals surface area contributed by atoms with Crippen molar-refractivity contribution in [1.29, 1.82) is 0 Å². The summed E-state index contributed by atoms with van der Waals surface area (Å²) >= 11 is 0. The fraction of sp³-hybridized carbons (Fsp3) is 1.00. The molecule has 0 radical (unpaired) electrons. The van der Waals surface area contributed by atoms with E-state index in [0.29, 0.717) is 19.4 Å². The van der Waals surface area contributed by atoms with Gasteiger partial charge in [0.05, 0.1) is 6.10 Å². The number of hydrogen-bond donors (Lipinski definition) is 2. The van der Waals surface area contributed by atoms with Crippen molar-refractivity contribution in [1.82, 2.24) is 0 Å². The maximum Gasteiger partial charge on any atom is 0.192 e. The average Bonchev–Trinajstić information content (AvgIpc) is 3.24. The molecule has 2 heterocycles. The molecule has 2 N–H and O–H groups in total. The molecule has 2 spiro atoms. The van der Waals surface area contributed by atoms with Gasteiger partial charge >= 0.3 is 0 Å². The topological polar surface area (TPSA) is 68.2 Å². The Hall–Kier alpha value is 0.0169. The maximum atomic E-state index is 12.2. The third kappa shape index (κ3) is 3.34. The van der Waals surface area contributed by atoms with Crippen LogP contribution < -0.4 is 0 Å². The molecule has 6 heteroatoms. The summed E-state index contributed by atoms with van der Waals surface area (Å²) in [5.41, 5.74) is -2.23. The zero-order valence-electron chi connectivity index (χ0n) is 18.0. The van der Waals surface area contributed by atoms with Crippen molar-refractivity contribution in [3.63, 3.8) is 0 Å². The molecule has 4 atom stereocenters. The van der Waals surface area contributed by atoms with Crippen LogP contribution in [0.5, 0.6) is 0 Å². The van der Waals surface area contributed by atoms with E-state index in [1.54, 1.807) is 0 Å². The van der Waals surface area contributed by atoms with E-state index in [1.807, 2.05) is 0 Å². The molecule has 0 bridgehead atoms. The van der Waals surface area contributed by atoms with Crippen molar-refractivity contribution >= 4 is 8.32 Å². The predicted molar refractivity (Wildman–Crippen MR) is 108 cm³/mol. The highest BCUT2D eigenvalue weighted by molar-refractivity contribution is 6.74. The summed E-state index contributed by atoms with van der Waals surface area (Å²) in [6.07, 6.45) is 6.18. The van der Waals surface area contributed by atoms with E-state index in [2.05, 4.69) is 33.9 Å². The molecule has 5 nitrogen and oxygen atoms in total. The van der Waals surface area contributed by atoms with Crippen LogP contribution in [0.1, 0.15) is 72.1 Å². The van der Waals surface area contributed by atoms with Gasteiger partial charge in [0.2, 0.25) is 0 Å². The standard InChI is InChI=1S/C21H40O5Si/c1-18(2,3)27(4,5)26-17-9-13-19(10-7-15-24-19)21(12-8-16-25-21)20(17,23)11-6-14-22/h17,22-23H,6-16H2,1-5H3/t17-,19-,20+,21-/m0/s1. The van der Waals surface area contributed by atoms with Gasteiger partial charge in [0.25, 0.3) is 0 Å². The Kier molecular flexibility index (Phi) is 5.93. The molecule has 1 aliphatic carbocycles. The van der Waals surface area contributed by atoms with Crippen molar-refractivity contribution in [2.75, 3.05) is 19.8 Å². The second kappa shape index (κ2) is 7.37. The van der Waals surface area contributed by atoms with Crippen LogP contribution in [-0.2, 0) is 13.9 Å². The van der Waals surface area contributed by atoms with Gasteiger partial charge < -0.3 is 24.1 Å². The Labute approximate surface area is 165 Å². The van der Waals surface area contributed by atoms with Crippen molar-refractivity contribution in [2.24, 2.45) is 0 Å². The third-order valence-electron chi connectivity index (χ3n) is 7.86. The molecule has 2 saturated heterocycles. The lowest BCUT2D eigenvalue weighted by atomic mass is 9.58. The van der Waals surface area contributed by atoms with Gasteiger partial charge in [-0.1, -0.05) is 20.8 Å². The first-order chi connectivity index (χ1) is 12.5. The minimum absolute atomic E-state index is 0.0685. The molecular weight excluding hydrogens is 360 g/mol. The number of ether oxygens (including phenoxy) is 2. The van der Waals surface area contributed by atoms with E-state index < -0.39 is 25.1 Å². The largest absolute Gasteiger partial charge is 0.411 e. The summed E-state index contributed by atoms with van der Waals surface area (Å²) in [4.78, 5) is 0. The Balaban J connectivity index is 2.00. The van der Waals surface area contributed by atoms with E-state index in [4.69, 9.17) is 13.9 Å². The van der Waals surface area contributed by atoms with Crippen LogP contribution in [0.2, 0.25) is 18.1 Å². The van der Waals surface area contributed by atoms with Gasteiger partial charge in [-0.05, 0) is 69.5 Å². The van der Waals surface area contributed by atoms with Crippen LogP contribution in [0.3, 0.4) is 0 Å². The molecule has 2 aliphatic heterocycles. The van der Waals surface area contributed by atoms with Crippen LogP contribution >= 0.6 is 0 Å². The summed E-state index contributed by atoms with van der Waals surface area (Å²) in [5.74, 6) is 0. The van der Waals surface area contributed by atoms with Gasteiger partial charge in [-0.2, -0.15) is 0 Å². The van der Waals surface area contributed by atoms with Gasteiger partial charge in [0.1, 0.15) is 16.8 Å². The van der Waals surface area contributed by atoms with Crippen LogP contribution in [0.15, 0.2) is 0 Å². The quantitative estimate of drug-likeness (QED) is 0.688. The van der Waals surface area contributed by atoms with Gasteiger partial charge in [0, 0.05) is 19.8 Å². The maximum absolute atomic E-state index is 12.2. The van der Waals surface area contributed by atoms with Gasteiger partial charge in [-0.25, -0.2) is 0 Å². The lowest BCUT2D eigenvalue weighted by Crippen LogP contribution is -2.75. The van der Waals surface area contributed by atoms with E-state index >= 15 is 0 Å². The Morgan fingerprint density at radius 1 is 1.07 bits per heavy atom. The number of rotatable bonds is 5. The lowest BCUT2D eigenvalue weighted by Gasteiger charge is -2.61. The molecule has 0 aromatic heterocycles. The molecule has 3 aliphatic rings. The first-order valence-corrected chi connectivity index (χ1v) is 13.7. The highest BCUT2D eigenvalue weighted by Crippen LogP contribution is 2.59. The number of aliphatic hydroxyl groups is 2. The van der Waals surface area contributed by atoms with Gasteiger partial charge in [0.15, 0.2) is 8.32 Å². The van der Waals surface area contributed by atoms with Crippen molar-refractivity contribution in [2.45, 2.75) is 113 Å². The molecule has 0 unspecified atom stereocenters. The fourth-order valence-corrected chi connectivity index (χ4v) is 6.79. The molecule has 0 aromatic carbocycles. The highest BCUT2D eigenvalue weighted by atomic mass is 28.4. The van der Waals surface area contributed by atoms with E-state index in [-0.39, 0.29) is 17.7 Å². The zero-order valence-corrected chi connectivity index (χ0v) is 19.0. The molecule has 0 aromatic rings. The summed E-state index contributed by atoms with van der Waals surface area (Å²) in [5, 5.41) is 21.9. The van der Waals surface area contributed by atoms with Crippen molar-refractivity contribution < 1.29 is 24.1 Å². The fourth-order valence-electron chi connectivity index (χ4n) is 5.41. The van der Waals surface area contributed by atoms with Crippen molar-refractivity contribution in [3.05, 3.63) is 0 Å². The Morgan fingerprint density at radius 3 is 2.26 bits per heavy atom. The van der Waals surface area contributed by atoms with Gasteiger partial charge in [-0.3, -0.25) is 0 Å². The van der Waals surface area contributed by atoms with Crippen LogP contribution in [-0.4, -0.2) is 61.3 Å². The SMILES string of the molecule is CC(C)(C)[Si](C)(C)O[C@H]1CC[C@@]2(CCCO2)[C@@]2(CCCO2)[C@@]1(O)CCCO. The lowest BCUT2D eigenvalue weighted by molar-refractivity contribution is -0.302. The summed E-state index contributed by atoms with van der Waals surface area (Å²) < 4.78 is 19.6. The second-order valence-electron chi connectivity index (χ2n) is 10.4. The average molecular weight is 401 g/mol. The van der Waals surface area contributed by atoms with Gasteiger partial charge in [-0.15, -0.1) is 0 Å². The number of fused-ring (bicyclic) bond motifs is 1. The Bertz CT molecular complexity index is 517. The second-order valence-corrected chi connectivity index (χ2v) is 15.1. The van der Waals surface area contributed by atoms with Crippen molar-refractivity contribution in [3.8, 4) is 0 Å². The van der Waals surface area contributed by atoms with E-state index in [0.717, 1.165) is 45.1 Å². The monoisotopic (exact) mass is 400 g/mol. The summed E-state index contributed by atoms with van der Waals surface area (Å²) in [6, 6.07) is 0. The number of aliphatic hydroxyl groups excluding tert-OH is 1. The first kappa shape index (κ1) is 21.7. The van der Waals surface area contributed by atoms with Crippen LogP contribution in [0, 0.1) is 0 Å². The van der Waals surface area contributed by atoms with Crippen LogP contribution in [0.4, 0.5) is 0 Å². The van der Waals surface area contributed by atoms with E-state index in [1.165, 1.54) is 0 Å². The molecule has 1 saturated carbocycles. The van der Waals surface area contributed by atoms with Crippen LogP contribution in [0.25, 0.3) is 0 Å². The molecule has 158 valence electrons. The van der Waals surface area contributed by atoms with E-state index in [9.17, 15) is 10.2 Å². The summed E-state index contributed by atoms with van der Waals surface area (Å²) in [7, 11) is -2.06. The molecular formula is C21H40O5Si. The first-order valence-electron chi connectivity index (χ1n) is 10.8. The molecule has 3 rings (SSSR count). The minimum atomic E-state index is -2.06. The normalized spacial score (nSPS) is 40.3.